The highest BCUT2D eigenvalue weighted by atomic mass is 32.1. The summed E-state index contributed by atoms with van der Waals surface area (Å²) in [5, 5.41) is 0. The molecule has 1 aliphatic rings. The first-order valence-electron chi connectivity index (χ1n) is 8.62. The van der Waals surface area contributed by atoms with Gasteiger partial charge in [-0.05, 0) is 62.4 Å². The van der Waals surface area contributed by atoms with E-state index in [-0.39, 0.29) is 11.8 Å². The molecule has 3 rings (SSSR count). The van der Waals surface area contributed by atoms with E-state index in [1.54, 1.807) is 24.3 Å². The van der Waals surface area contributed by atoms with E-state index < -0.39 is 0 Å². The number of carbonyl (C=O) groups excluding carboxylic acids is 2. The first kappa shape index (κ1) is 17.5. The van der Waals surface area contributed by atoms with Crippen molar-refractivity contribution in [3.8, 4) is 5.75 Å². The third-order valence-electron chi connectivity index (χ3n) is 4.17. The van der Waals surface area contributed by atoms with Crippen LogP contribution in [0.1, 0.15) is 56.7 Å². The molecule has 5 nitrogen and oxygen atoms in total. The Morgan fingerprint density at radius 2 is 1.88 bits per heavy atom. The van der Waals surface area contributed by atoms with Crippen LogP contribution >= 0.6 is 11.3 Å². The van der Waals surface area contributed by atoms with Crippen molar-refractivity contribution in [1.82, 2.24) is 10.9 Å². The minimum Gasteiger partial charge on any atom is -0.494 e. The quantitative estimate of drug-likeness (QED) is 0.649. The van der Waals surface area contributed by atoms with E-state index in [0.717, 1.165) is 12.8 Å². The fourth-order valence-electron chi connectivity index (χ4n) is 2.92. The number of ether oxygens (including phenoxy) is 1. The average Bonchev–Trinajstić information content (AvgIpc) is 2.91. The van der Waals surface area contributed by atoms with Crippen LogP contribution in [0, 0.1) is 0 Å². The van der Waals surface area contributed by atoms with Gasteiger partial charge in [-0.25, -0.2) is 0 Å². The lowest BCUT2D eigenvalue weighted by Gasteiger charge is -2.08. The molecule has 1 aromatic carbocycles. The van der Waals surface area contributed by atoms with Gasteiger partial charge in [-0.2, -0.15) is 0 Å². The zero-order valence-corrected chi connectivity index (χ0v) is 15.1. The molecule has 2 aromatic rings. The Bertz CT molecular complexity index is 746. The van der Waals surface area contributed by atoms with Gasteiger partial charge < -0.3 is 4.74 Å². The number of benzene rings is 1. The van der Waals surface area contributed by atoms with Crippen LogP contribution in [-0.2, 0) is 12.8 Å². The number of rotatable bonds is 4. The van der Waals surface area contributed by atoms with Gasteiger partial charge in [0.2, 0.25) is 0 Å². The molecule has 6 heteroatoms. The van der Waals surface area contributed by atoms with E-state index in [4.69, 9.17) is 4.74 Å². The van der Waals surface area contributed by atoms with Crippen molar-refractivity contribution < 1.29 is 14.3 Å². The molecule has 0 saturated carbocycles. The minimum absolute atomic E-state index is 0.271. The van der Waals surface area contributed by atoms with Crippen molar-refractivity contribution in [2.45, 2.75) is 39.0 Å². The molecule has 2 amide bonds. The van der Waals surface area contributed by atoms with Gasteiger partial charge in [0.25, 0.3) is 11.8 Å². The zero-order valence-electron chi connectivity index (χ0n) is 14.3. The third kappa shape index (κ3) is 4.39. The lowest BCUT2D eigenvalue weighted by atomic mass is 10.1. The van der Waals surface area contributed by atoms with Crippen molar-refractivity contribution in [2.24, 2.45) is 0 Å². The van der Waals surface area contributed by atoms with Crippen LogP contribution < -0.4 is 15.6 Å². The predicted molar refractivity (Wildman–Crippen MR) is 98.1 cm³/mol. The molecular formula is C19H22N2O3S. The monoisotopic (exact) mass is 358 g/mol. The Labute approximate surface area is 151 Å². The topological polar surface area (TPSA) is 67.4 Å². The second-order valence-corrected chi connectivity index (χ2v) is 7.13. The highest BCUT2D eigenvalue weighted by molar-refractivity contribution is 7.14. The predicted octanol–water partition coefficient (Wildman–Crippen LogP) is 3.49. The second kappa shape index (κ2) is 8.16. The van der Waals surface area contributed by atoms with E-state index in [1.807, 2.05) is 13.0 Å². The maximum atomic E-state index is 12.3. The summed E-state index contributed by atoms with van der Waals surface area (Å²) in [5.74, 6) is -0.0103. The molecule has 0 spiro atoms. The third-order valence-corrected chi connectivity index (χ3v) is 5.40. The first-order chi connectivity index (χ1) is 12.2. The number of carbonyl (C=O) groups is 2. The van der Waals surface area contributed by atoms with Crippen LogP contribution in [0.4, 0.5) is 0 Å². The lowest BCUT2D eigenvalue weighted by Crippen LogP contribution is -2.41. The fraction of sp³-hybridized carbons (Fsp3) is 0.368. The maximum Gasteiger partial charge on any atom is 0.279 e. The molecule has 0 radical (unpaired) electrons. The van der Waals surface area contributed by atoms with Crippen LogP contribution in [-0.4, -0.2) is 18.4 Å². The summed E-state index contributed by atoms with van der Waals surface area (Å²) in [6.07, 6.45) is 5.69. The van der Waals surface area contributed by atoms with Crippen LogP contribution in [0.3, 0.4) is 0 Å². The van der Waals surface area contributed by atoms with E-state index in [0.29, 0.717) is 22.8 Å². The fourth-order valence-corrected chi connectivity index (χ4v) is 4.07. The van der Waals surface area contributed by atoms with Gasteiger partial charge in [0.15, 0.2) is 0 Å². The van der Waals surface area contributed by atoms with Gasteiger partial charge in [0, 0.05) is 10.4 Å². The molecule has 0 saturated heterocycles. The molecule has 1 aliphatic carbocycles. The van der Waals surface area contributed by atoms with Gasteiger partial charge in [-0.3, -0.25) is 20.4 Å². The van der Waals surface area contributed by atoms with Gasteiger partial charge in [-0.15, -0.1) is 11.3 Å². The number of fused-ring (bicyclic) bond motifs is 1. The van der Waals surface area contributed by atoms with Gasteiger partial charge in [-0.1, -0.05) is 12.5 Å². The van der Waals surface area contributed by atoms with Crippen LogP contribution in [0.25, 0.3) is 0 Å². The molecule has 0 unspecified atom stereocenters. The van der Waals surface area contributed by atoms with E-state index in [1.165, 1.54) is 41.0 Å². The number of hydrazine groups is 1. The Hall–Kier alpha value is -2.34. The normalized spacial score (nSPS) is 13.5. The minimum atomic E-state index is -0.368. The van der Waals surface area contributed by atoms with Crippen molar-refractivity contribution in [3.63, 3.8) is 0 Å². The zero-order chi connectivity index (χ0) is 17.6. The number of nitrogens with one attached hydrogen (secondary N) is 2. The van der Waals surface area contributed by atoms with Crippen LogP contribution in [0.15, 0.2) is 30.3 Å². The summed E-state index contributed by atoms with van der Waals surface area (Å²) < 4.78 is 5.38. The highest BCUT2D eigenvalue weighted by Crippen LogP contribution is 2.28. The lowest BCUT2D eigenvalue weighted by molar-refractivity contribution is 0.0848. The molecular weight excluding hydrogens is 336 g/mol. The molecule has 0 fully saturated rings. The van der Waals surface area contributed by atoms with E-state index >= 15 is 0 Å². The summed E-state index contributed by atoms with van der Waals surface area (Å²) in [7, 11) is 0. The summed E-state index contributed by atoms with van der Waals surface area (Å²) >= 11 is 1.53. The summed E-state index contributed by atoms with van der Waals surface area (Å²) in [4.78, 5) is 26.5. The summed E-state index contributed by atoms with van der Waals surface area (Å²) in [6, 6.07) is 8.83. The maximum absolute atomic E-state index is 12.3. The molecule has 2 N–H and O–H groups in total. The van der Waals surface area contributed by atoms with Crippen molar-refractivity contribution >= 4 is 23.2 Å². The van der Waals surface area contributed by atoms with Crippen LogP contribution in [0.2, 0.25) is 0 Å². The first-order valence-corrected chi connectivity index (χ1v) is 9.44. The molecule has 0 bridgehead atoms. The Kier molecular flexibility index (Phi) is 5.71. The molecule has 132 valence electrons. The number of thiophene rings is 1. The summed E-state index contributed by atoms with van der Waals surface area (Å²) in [5.41, 5.74) is 6.70. The summed E-state index contributed by atoms with van der Waals surface area (Å²) in [6.45, 7) is 2.42. The largest absolute Gasteiger partial charge is 0.494 e. The number of hydrogen-bond donors (Lipinski definition) is 2. The Morgan fingerprint density at radius 1 is 1.08 bits per heavy atom. The highest BCUT2D eigenvalue weighted by Gasteiger charge is 2.17. The van der Waals surface area contributed by atoms with E-state index in [2.05, 4.69) is 10.9 Å². The Morgan fingerprint density at radius 3 is 2.72 bits per heavy atom. The SMILES string of the molecule is CCOc1cccc(C(=O)NNC(=O)c2cc3c(s2)CCCCC3)c1. The number of amides is 2. The molecule has 25 heavy (non-hydrogen) atoms. The van der Waals surface area contributed by atoms with Crippen LogP contribution in [0.5, 0.6) is 5.75 Å². The smallest absolute Gasteiger partial charge is 0.279 e. The average molecular weight is 358 g/mol. The number of hydrogen-bond acceptors (Lipinski definition) is 4. The molecule has 1 aromatic heterocycles. The van der Waals surface area contributed by atoms with Crippen molar-refractivity contribution in [1.29, 1.82) is 0 Å². The van der Waals surface area contributed by atoms with E-state index in [9.17, 15) is 9.59 Å². The van der Waals surface area contributed by atoms with Gasteiger partial charge >= 0.3 is 0 Å². The molecule has 0 atom stereocenters. The van der Waals surface area contributed by atoms with Gasteiger partial charge in [0.1, 0.15) is 5.75 Å². The van der Waals surface area contributed by atoms with Crippen molar-refractivity contribution in [2.75, 3.05) is 6.61 Å². The van der Waals surface area contributed by atoms with Crippen molar-refractivity contribution in [3.05, 3.63) is 51.2 Å². The second-order valence-electron chi connectivity index (χ2n) is 5.99. The number of aryl methyl sites for hydroxylation is 2. The molecule has 0 aliphatic heterocycles. The Balaban J connectivity index is 1.60. The standard InChI is InChI=1S/C19H22N2O3S/c1-2-24-15-9-6-8-14(11-15)18(22)20-21-19(23)17-12-13-7-4-3-5-10-16(13)25-17/h6,8-9,11-12H,2-5,7,10H2,1H3,(H,20,22)(H,21,23). The molecule has 1 heterocycles. The van der Waals surface area contributed by atoms with Gasteiger partial charge in [0.05, 0.1) is 11.5 Å².